The lowest BCUT2D eigenvalue weighted by molar-refractivity contribution is -0.147. The van der Waals surface area contributed by atoms with E-state index >= 15 is 0 Å². The van der Waals surface area contributed by atoms with Crippen LogP contribution in [0.4, 0.5) is 0 Å². The van der Waals surface area contributed by atoms with E-state index in [1.807, 2.05) is 30.3 Å². The molecule has 2 heterocycles. The first-order valence-electron chi connectivity index (χ1n) is 10.6. The highest BCUT2D eigenvalue weighted by Crippen LogP contribution is 2.40. The molecular formula is C24H24N3O5S. The number of likely N-dealkylation sites (tertiary alicyclic amines) is 2. The highest BCUT2D eigenvalue weighted by Gasteiger charge is 2.67. The summed E-state index contributed by atoms with van der Waals surface area (Å²) in [6, 6.07) is 14.6. The molecule has 0 spiro atoms. The van der Waals surface area contributed by atoms with Gasteiger partial charge in [-0.3, -0.25) is 19.2 Å². The number of phenolic OH excluding ortho intramolecular Hbond substituents is 1. The Hall–Kier alpha value is -3.33. The highest BCUT2D eigenvalue weighted by molar-refractivity contribution is 7.98. The third-order valence-electron chi connectivity index (χ3n) is 6.15. The van der Waals surface area contributed by atoms with E-state index in [2.05, 4.69) is 0 Å². The standard InChI is InChI=1S/C24H24N3O5S/c25-23(32)24-19(26(14-20(24)29)22(31)17-6-8-18(28)9-7-17)10-12-27(24)21(30)11-13-33-15-16-4-2-1-3-5-16/h1-9,11,19,28H,10,12-15H2,(H2,25,32). The van der Waals surface area contributed by atoms with Crippen LogP contribution in [0.15, 0.2) is 54.6 Å². The van der Waals surface area contributed by atoms with Gasteiger partial charge in [0, 0.05) is 23.6 Å². The molecule has 2 fully saturated rings. The molecule has 3 N–H and O–H groups in total. The number of amides is 3. The fourth-order valence-electron chi connectivity index (χ4n) is 4.61. The first kappa shape index (κ1) is 22.8. The second-order valence-corrected chi connectivity index (χ2v) is 9.06. The molecule has 33 heavy (non-hydrogen) atoms. The average Bonchev–Trinajstić information content (AvgIpc) is 3.35. The minimum absolute atomic E-state index is 0.00819. The van der Waals surface area contributed by atoms with Crippen molar-refractivity contribution in [3.63, 3.8) is 0 Å². The maximum Gasteiger partial charge on any atom is 0.254 e. The molecule has 1 radical (unpaired) electrons. The van der Waals surface area contributed by atoms with Gasteiger partial charge in [0.15, 0.2) is 5.78 Å². The van der Waals surface area contributed by atoms with Gasteiger partial charge in [0.25, 0.3) is 11.8 Å². The van der Waals surface area contributed by atoms with Crippen molar-refractivity contribution in [1.29, 1.82) is 0 Å². The average molecular weight is 467 g/mol. The number of nitrogens with zero attached hydrogens (tertiary/aromatic N) is 2. The summed E-state index contributed by atoms with van der Waals surface area (Å²) < 4.78 is 0. The molecule has 9 heteroatoms. The maximum absolute atomic E-state index is 13.1. The summed E-state index contributed by atoms with van der Waals surface area (Å²) in [4.78, 5) is 54.3. The quantitative estimate of drug-likeness (QED) is 0.470. The van der Waals surface area contributed by atoms with Crippen molar-refractivity contribution < 1.29 is 24.3 Å². The Bertz CT molecular complexity index is 1080. The van der Waals surface area contributed by atoms with Crippen LogP contribution >= 0.6 is 11.8 Å². The Balaban J connectivity index is 1.47. The number of nitrogens with two attached hydrogens (primary N) is 1. The second-order valence-electron chi connectivity index (χ2n) is 8.03. The van der Waals surface area contributed by atoms with E-state index in [0.717, 1.165) is 11.3 Å². The Morgan fingerprint density at radius 2 is 1.82 bits per heavy atom. The Morgan fingerprint density at radius 1 is 1.12 bits per heavy atom. The number of hydrogen-bond donors (Lipinski definition) is 2. The largest absolute Gasteiger partial charge is 0.508 e. The lowest BCUT2D eigenvalue weighted by Crippen LogP contribution is -2.64. The van der Waals surface area contributed by atoms with Gasteiger partial charge in [0.2, 0.25) is 11.4 Å². The number of fused-ring (bicyclic) bond motifs is 1. The zero-order valence-electron chi connectivity index (χ0n) is 17.8. The molecule has 2 aliphatic rings. The summed E-state index contributed by atoms with van der Waals surface area (Å²) in [5, 5.41) is 9.47. The van der Waals surface area contributed by atoms with Crippen molar-refractivity contribution in [2.24, 2.45) is 5.73 Å². The lowest BCUT2D eigenvalue weighted by Gasteiger charge is -2.34. The minimum atomic E-state index is -1.86. The second kappa shape index (κ2) is 9.27. The first-order valence-corrected chi connectivity index (χ1v) is 11.7. The molecule has 0 aromatic heterocycles. The summed E-state index contributed by atoms with van der Waals surface area (Å²) in [5.74, 6) is -1.22. The molecule has 2 atom stereocenters. The molecule has 2 saturated heterocycles. The zero-order valence-corrected chi connectivity index (χ0v) is 18.7. The van der Waals surface area contributed by atoms with Gasteiger partial charge < -0.3 is 20.6 Å². The number of carbonyl (C=O) groups excluding carboxylic acids is 4. The van der Waals surface area contributed by atoms with Crippen molar-refractivity contribution in [3.05, 3.63) is 72.1 Å². The van der Waals surface area contributed by atoms with Gasteiger partial charge in [0.1, 0.15) is 5.75 Å². The maximum atomic E-state index is 13.1. The van der Waals surface area contributed by atoms with Crippen LogP contribution in [0.5, 0.6) is 5.75 Å². The van der Waals surface area contributed by atoms with Gasteiger partial charge in [-0.25, -0.2) is 0 Å². The molecule has 0 saturated carbocycles. The normalized spacial score (nSPS) is 21.8. The minimum Gasteiger partial charge on any atom is -0.508 e. The highest BCUT2D eigenvalue weighted by atomic mass is 32.2. The number of rotatable bonds is 7. The molecule has 171 valence electrons. The zero-order chi connectivity index (χ0) is 23.6. The molecule has 2 unspecified atom stereocenters. The fourth-order valence-corrected chi connectivity index (χ4v) is 5.42. The van der Waals surface area contributed by atoms with Crippen molar-refractivity contribution in [2.75, 3.05) is 18.8 Å². The molecule has 0 aliphatic carbocycles. The van der Waals surface area contributed by atoms with Gasteiger partial charge in [-0.05, 0) is 36.2 Å². The summed E-state index contributed by atoms with van der Waals surface area (Å²) in [5.41, 5.74) is 5.25. The molecule has 2 aliphatic heterocycles. The Kier molecular flexibility index (Phi) is 6.42. The number of carbonyl (C=O) groups is 4. The Morgan fingerprint density at radius 3 is 2.48 bits per heavy atom. The van der Waals surface area contributed by atoms with E-state index in [0.29, 0.717) is 5.75 Å². The number of hydrogen-bond acceptors (Lipinski definition) is 6. The monoisotopic (exact) mass is 466 g/mol. The van der Waals surface area contributed by atoms with Gasteiger partial charge in [-0.1, -0.05) is 30.3 Å². The van der Waals surface area contributed by atoms with E-state index in [4.69, 9.17) is 5.73 Å². The van der Waals surface area contributed by atoms with Crippen LogP contribution in [-0.4, -0.2) is 68.8 Å². The van der Waals surface area contributed by atoms with Crippen LogP contribution in [0, 0.1) is 6.42 Å². The number of aromatic hydroxyl groups is 1. The number of Topliss-reactive ketones (excluding diaryl/α,β-unsaturated/α-hetero) is 1. The molecule has 0 bridgehead atoms. The molecule has 4 rings (SSSR count). The van der Waals surface area contributed by atoms with Crippen LogP contribution in [0.3, 0.4) is 0 Å². The number of thioether (sulfide) groups is 1. The number of phenols is 1. The Labute approximate surface area is 195 Å². The third kappa shape index (κ3) is 4.08. The molecule has 3 amide bonds. The first-order chi connectivity index (χ1) is 15.9. The molecule has 2 aromatic carbocycles. The molecule has 2 aromatic rings. The summed E-state index contributed by atoms with van der Waals surface area (Å²) in [6.45, 7) is -0.156. The van der Waals surface area contributed by atoms with Crippen LogP contribution in [0.2, 0.25) is 0 Å². The van der Waals surface area contributed by atoms with E-state index in [-0.39, 0.29) is 30.8 Å². The van der Waals surface area contributed by atoms with Crippen molar-refractivity contribution >= 4 is 35.3 Å². The van der Waals surface area contributed by atoms with Gasteiger partial charge in [-0.2, -0.15) is 11.8 Å². The third-order valence-corrected chi connectivity index (χ3v) is 7.09. The van der Waals surface area contributed by atoms with E-state index in [1.54, 1.807) is 11.8 Å². The van der Waals surface area contributed by atoms with Gasteiger partial charge in [-0.15, -0.1) is 0 Å². The van der Waals surface area contributed by atoms with Crippen molar-refractivity contribution in [1.82, 2.24) is 9.80 Å². The van der Waals surface area contributed by atoms with Crippen molar-refractivity contribution in [3.8, 4) is 5.75 Å². The van der Waals surface area contributed by atoms with E-state index in [1.165, 1.54) is 40.5 Å². The smallest absolute Gasteiger partial charge is 0.254 e. The lowest BCUT2D eigenvalue weighted by atomic mass is 9.88. The van der Waals surface area contributed by atoms with Crippen LogP contribution in [0.25, 0.3) is 0 Å². The van der Waals surface area contributed by atoms with Crippen LogP contribution in [0.1, 0.15) is 22.3 Å². The molecule has 8 nitrogen and oxygen atoms in total. The molecular weight excluding hydrogens is 442 g/mol. The van der Waals surface area contributed by atoms with Crippen molar-refractivity contribution in [2.45, 2.75) is 23.8 Å². The van der Waals surface area contributed by atoms with Gasteiger partial charge >= 0.3 is 0 Å². The summed E-state index contributed by atoms with van der Waals surface area (Å²) in [6.07, 6.45) is 1.73. The van der Waals surface area contributed by atoms with Gasteiger partial charge in [0.05, 0.1) is 19.0 Å². The van der Waals surface area contributed by atoms with Crippen LogP contribution in [-0.2, 0) is 20.1 Å². The fraction of sp³-hybridized carbons (Fsp3) is 0.292. The number of primary amides is 1. The predicted octanol–water partition coefficient (Wildman–Crippen LogP) is 1.38. The SMILES string of the molecule is NC(=O)C12C(=O)CN(C(=O)c3ccc(O)cc3)C1CCN2C(=O)[CH]CSCc1ccccc1. The van der Waals surface area contributed by atoms with E-state index < -0.39 is 35.1 Å². The topological polar surface area (TPSA) is 121 Å². The number of benzene rings is 2. The van der Waals surface area contributed by atoms with Crippen LogP contribution < -0.4 is 5.73 Å². The number of ketones is 1. The summed E-state index contributed by atoms with van der Waals surface area (Å²) >= 11 is 1.54. The summed E-state index contributed by atoms with van der Waals surface area (Å²) in [7, 11) is 0. The predicted molar refractivity (Wildman–Crippen MR) is 123 cm³/mol. The van der Waals surface area contributed by atoms with E-state index in [9.17, 15) is 24.3 Å².